The van der Waals surface area contributed by atoms with E-state index >= 15 is 0 Å². The number of nitrogens with zero attached hydrogens (tertiary/aromatic N) is 3. The summed E-state index contributed by atoms with van der Waals surface area (Å²) in [5, 5.41) is 13.5. The minimum absolute atomic E-state index is 0.0977. The summed E-state index contributed by atoms with van der Waals surface area (Å²) in [4.78, 5) is 18.1. The van der Waals surface area contributed by atoms with Gasteiger partial charge in [0.2, 0.25) is 17.7 Å². The van der Waals surface area contributed by atoms with Crippen molar-refractivity contribution in [2.75, 3.05) is 13.1 Å². The van der Waals surface area contributed by atoms with Gasteiger partial charge in [0.05, 0.1) is 12.3 Å². The highest BCUT2D eigenvalue weighted by molar-refractivity contribution is 7.08. The maximum Gasteiger partial charge on any atom is 0.248 e. The number of likely N-dealkylation sites (tertiary alicyclic amines) is 1. The SMILES string of the molecule is O=C(Cc1c[nH]c2ccccc12)N1CCCC(c2nnc(-c3ccsc3)o2)C1. The van der Waals surface area contributed by atoms with Crippen LogP contribution in [0, 0.1) is 0 Å². The Hall–Kier alpha value is -2.93. The molecule has 1 fully saturated rings. The number of nitrogens with one attached hydrogen (secondary N) is 1. The topological polar surface area (TPSA) is 75.0 Å². The van der Waals surface area contributed by atoms with Crippen LogP contribution in [0.5, 0.6) is 0 Å². The van der Waals surface area contributed by atoms with Crippen molar-refractivity contribution < 1.29 is 9.21 Å². The van der Waals surface area contributed by atoms with Gasteiger partial charge in [0.15, 0.2) is 0 Å². The van der Waals surface area contributed by atoms with Gasteiger partial charge in [-0.3, -0.25) is 4.79 Å². The van der Waals surface area contributed by atoms with E-state index < -0.39 is 0 Å². The Kier molecular flexibility index (Phi) is 4.44. The number of carbonyl (C=O) groups is 1. The van der Waals surface area contributed by atoms with E-state index in [1.807, 2.05) is 46.1 Å². The Morgan fingerprint density at radius 1 is 1.29 bits per heavy atom. The second-order valence-corrected chi connectivity index (χ2v) is 7.95. The predicted molar refractivity (Wildman–Crippen MR) is 108 cm³/mol. The van der Waals surface area contributed by atoms with Crippen molar-refractivity contribution in [3.63, 3.8) is 0 Å². The Bertz CT molecular complexity index is 1100. The van der Waals surface area contributed by atoms with Gasteiger partial charge in [-0.15, -0.1) is 10.2 Å². The highest BCUT2D eigenvalue weighted by Crippen LogP contribution is 2.29. The molecular weight excluding hydrogens is 372 g/mol. The molecule has 0 aliphatic carbocycles. The van der Waals surface area contributed by atoms with E-state index in [0.29, 0.717) is 24.7 Å². The number of amides is 1. The Balaban J connectivity index is 1.29. The monoisotopic (exact) mass is 392 g/mol. The Morgan fingerprint density at radius 2 is 2.21 bits per heavy atom. The molecule has 1 aliphatic rings. The summed E-state index contributed by atoms with van der Waals surface area (Å²) < 4.78 is 5.90. The van der Waals surface area contributed by atoms with E-state index in [1.54, 1.807) is 11.3 Å². The van der Waals surface area contributed by atoms with Crippen molar-refractivity contribution in [1.29, 1.82) is 0 Å². The molecular formula is C21H20N4O2S. The van der Waals surface area contributed by atoms with Gasteiger partial charge in [-0.25, -0.2) is 0 Å². The molecule has 1 aliphatic heterocycles. The van der Waals surface area contributed by atoms with Crippen LogP contribution in [0.15, 0.2) is 51.7 Å². The van der Waals surface area contributed by atoms with Gasteiger partial charge in [0.25, 0.3) is 0 Å². The van der Waals surface area contributed by atoms with E-state index in [9.17, 15) is 4.79 Å². The molecule has 142 valence electrons. The fourth-order valence-corrected chi connectivity index (χ4v) is 4.49. The molecule has 1 atom stereocenters. The van der Waals surface area contributed by atoms with Gasteiger partial charge in [0.1, 0.15) is 0 Å². The van der Waals surface area contributed by atoms with Crippen molar-refractivity contribution in [2.45, 2.75) is 25.2 Å². The molecule has 3 aromatic heterocycles. The van der Waals surface area contributed by atoms with Crippen molar-refractivity contribution in [2.24, 2.45) is 0 Å². The van der Waals surface area contributed by atoms with Crippen LogP contribution in [0.25, 0.3) is 22.4 Å². The number of benzene rings is 1. The van der Waals surface area contributed by atoms with Gasteiger partial charge in [0, 0.05) is 41.1 Å². The molecule has 28 heavy (non-hydrogen) atoms. The summed E-state index contributed by atoms with van der Waals surface area (Å²) in [6, 6.07) is 10.1. The number of fused-ring (bicyclic) bond motifs is 1. The maximum atomic E-state index is 12.9. The van der Waals surface area contributed by atoms with Gasteiger partial charge in [-0.1, -0.05) is 18.2 Å². The third kappa shape index (κ3) is 3.22. The predicted octanol–water partition coefficient (Wildman–Crippen LogP) is 4.23. The standard InChI is InChI=1S/C21H20N4O2S/c26-19(10-16-11-22-18-6-2-1-5-17(16)18)25-8-3-4-14(12-25)20-23-24-21(27-20)15-7-9-28-13-15/h1-2,5-7,9,11,13-14,22H,3-4,8,10,12H2. The molecule has 1 unspecified atom stereocenters. The molecule has 0 spiro atoms. The number of aromatic nitrogens is 3. The van der Waals surface area contributed by atoms with Gasteiger partial charge in [-0.05, 0) is 35.9 Å². The largest absolute Gasteiger partial charge is 0.420 e. The summed E-state index contributed by atoms with van der Waals surface area (Å²) in [5.74, 6) is 1.43. The lowest BCUT2D eigenvalue weighted by Crippen LogP contribution is -2.40. The van der Waals surface area contributed by atoms with Crippen molar-refractivity contribution in [3.8, 4) is 11.5 Å². The molecule has 1 N–H and O–H groups in total. The summed E-state index contributed by atoms with van der Waals surface area (Å²) in [6.07, 6.45) is 4.25. The zero-order chi connectivity index (χ0) is 18.9. The third-order valence-electron chi connectivity index (χ3n) is 5.35. The Labute approximate surface area is 166 Å². The third-order valence-corrected chi connectivity index (χ3v) is 6.03. The first-order valence-electron chi connectivity index (χ1n) is 9.46. The van der Waals surface area contributed by atoms with E-state index in [2.05, 4.69) is 21.2 Å². The normalized spacial score (nSPS) is 17.3. The number of piperidine rings is 1. The lowest BCUT2D eigenvalue weighted by Gasteiger charge is -2.31. The average molecular weight is 392 g/mol. The fraction of sp³-hybridized carbons (Fsp3) is 0.286. The number of thiophene rings is 1. The Morgan fingerprint density at radius 3 is 3.11 bits per heavy atom. The zero-order valence-corrected chi connectivity index (χ0v) is 16.1. The maximum absolute atomic E-state index is 12.9. The van der Waals surface area contributed by atoms with Gasteiger partial charge < -0.3 is 14.3 Å². The highest BCUT2D eigenvalue weighted by Gasteiger charge is 2.29. The van der Waals surface area contributed by atoms with E-state index in [1.165, 1.54) is 0 Å². The number of hydrogen-bond acceptors (Lipinski definition) is 5. The fourth-order valence-electron chi connectivity index (χ4n) is 3.86. The molecule has 4 heterocycles. The van der Waals surface area contributed by atoms with Gasteiger partial charge >= 0.3 is 0 Å². The first-order chi connectivity index (χ1) is 13.8. The van der Waals surface area contributed by atoms with Crippen molar-refractivity contribution >= 4 is 28.1 Å². The second kappa shape index (κ2) is 7.24. The molecule has 6 nitrogen and oxygen atoms in total. The van der Waals surface area contributed by atoms with Crippen LogP contribution < -0.4 is 0 Å². The molecule has 5 rings (SSSR count). The molecule has 1 amide bonds. The van der Waals surface area contributed by atoms with E-state index in [-0.39, 0.29) is 11.8 Å². The molecule has 4 aromatic rings. The quantitative estimate of drug-likeness (QED) is 0.564. The van der Waals surface area contributed by atoms with Crippen LogP contribution >= 0.6 is 11.3 Å². The number of H-pyrrole nitrogens is 1. The number of hydrogen-bond donors (Lipinski definition) is 1. The van der Waals surface area contributed by atoms with Crippen molar-refractivity contribution in [3.05, 3.63) is 58.7 Å². The summed E-state index contributed by atoms with van der Waals surface area (Å²) in [7, 11) is 0. The first kappa shape index (κ1) is 17.2. The smallest absolute Gasteiger partial charge is 0.248 e. The number of rotatable bonds is 4. The van der Waals surface area contributed by atoms with Crippen LogP contribution in [-0.4, -0.2) is 39.1 Å². The molecule has 1 saturated heterocycles. The average Bonchev–Trinajstić information content (AvgIpc) is 3.49. The minimum Gasteiger partial charge on any atom is -0.420 e. The molecule has 1 aromatic carbocycles. The summed E-state index contributed by atoms with van der Waals surface area (Å²) in [5.41, 5.74) is 3.06. The second-order valence-electron chi connectivity index (χ2n) is 7.17. The van der Waals surface area contributed by atoms with Crippen LogP contribution in [0.3, 0.4) is 0 Å². The van der Waals surface area contributed by atoms with Crippen molar-refractivity contribution in [1.82, 2.24) is 20.1 Å². The summed E-state index contributed by atoms with van der Waals surface area (Å²) in [6.45, 7) is 1.41. The number of aromatic amines is 1. The lowest BCUT2D eigenvalue weighted by molar-refractivity contribution is -0.131. The molecule has 7 heteroatoms. The minimum atomic E-state index is 0.0977. The molecule has 0 saturated carbocycles. The van der Waals surface area contributed by atoms with Crippen LogP contribution in [-0.2, 0) is 11.2 Å². The van der Waals surface area contributed by atoms with E-state index in [0.717, 1.165) is 41.4 Å². The van der Waals surface area contributed by atoms with E-state index in [4.69, 9.17) is 4.42 Å². The van der Waals surface area contributed by atoms with Gasteiger partial charge in [-0.2, -0.15) is 11.3 Å². The van der Waals surface area contributed by atoms with Crippen LogP contribution in [0.4, 0.5) is 0 Å². The molecule has 0 bridgehead atoms. The zero-order valence-electron chi connectivity index (χ0n) is 15.3. The highest BCUT2D eigenvalue weighted by atomic mass is 32.1. The number of carbonyl (C=O) groups excluding carboxylic acids is 1. The van der Waals surface area contributed by atoms with Crippen LogP contribution in [0.1, 0.15) is 30.2 Å². The summed E-state index contributed by atoms with van der Waals surface area (Å²) >= 11 is 1.60. The molecule has 0 radical (unpaired) electrons. The first-order valence-corrected chi connectivity index (χ1v) is 10.4. The number of para-hydroxylation sites is 1. The lowest BCUT2D eigenvalue weighted by atomic mass is 9.97. The van der Waals surface area contributed by atoms with Crippen LogP contribution in [0.2, 0.25) is 0 Å².